The summed E-state index contributed by atoms with van der Waals surface area (Å²) in [7, 11) is 0. The van der Waals surface area contributed by atoms with Gasteiger partial charge in [-0.2, -0.15) is 0 Å². The van der Waals surface area contributed by atoms with E-state index in [1.807, 2.05) is 12.1 Å². The molecule has 0 unspecified atom stereocenters. The zero-order valence-corrected chi connectivity index (χ0v) is 12.2. The monoisotopic (exact) mass is 296 g/mol. The lowest BCUT2D eigenvalue weighted by molar-refractivity contribution is -0.249. The number of esters is 1. The van der Waals surface area contributed by atoms with Gasteiger partial charge in [-0.25, -0.2) is 0 Å². The number of ether oxygens (including phenoxy) is 3. The number of carbonyl (C=O) groups excluding carboxylic acids is 1. The Balaban J connectivity index is 2.29. The van der Waals surface area contributed by atoms with Crippen molar-refractivity contribution in [2.24, 2.45) is 0 Å². The van der Waals surface area contributed by atoms with E-state index in [2.05, 4.69) is 5.92 Å². The second-order valence-electron chi connectivity index (χ2n) is 4.36. The van der Waals surface area contributed by atoms with Crippen molar-refractivity contribution in [1.82, 2.24) is 0 Å². The molecule has 0 heterocycles. The van der Waals surface area contributed by atoms with E-state index < -0.39 is 11.9 Å². The van der Waals surface area contributed by atoms with Gasteiger partial charge < -0.3 is 14.2 Å². The van der Waals surface area contributed by atoms with Gasteiger partial charge in [0.25, 0.3) is 0 Å². The zero-order chi connectivity index (χ0) is 15.8. The summed E-state index contributed by atoms with van der Waals surface area (Å²) < 4.78 is 16.5. The highest BCUT2D eigenvalue weighted by Crippen LogP contribution is 2.24. The third kappa shape index (κ3) is 4.03. The van der Waals surface area contributed by atoms with Crippen molar-refractivity contribution in [3.63, 3.8) is 0 Å². The molecule has 0 N–H and O–H groups in total. The summed E-state index contributed by atoms with van der Waals surface area (Å²) in [6.45, 7) is 1.66. The van der Waals surface area contributed by atoms with Gasteiger partial charge >= 0.3 is 11.9 Å². The molecular formula is C18H16O4. The van der Waals surface area contributed by atoms with Crippen LogP contribution in [-0.2, 0) is 9.53 Å². The quantitative estimate of drug-likeness (QED) is 0.466. The van der Waals surface area contributed by atoms with Gasteiger partial charge in [0.05, 0.1) is 0 Å². The zero-order valence-electron chi connectivity index (χ0n) is 12.2. The molecule has 0 aliphatic rings. The summed E-state index contributed by atoms with van der Waals surface area (Å²) in [5.41, 5.74) is 0. The summed E-state index contributed by atoms with van der Waals surface area (Å²) >= 11 is 0. The van der Waals surface area contributed by atoms with E-state index in [1.165, 1.54) is 0 Å². The van der Waals surface area contributed by atoms with Crippen molar-refractivity contribution >= 4 is 5.97 Å². The summed E-state index contributed by atoms with van der Waals surface area (Å²) in [4.78, 5) is 11.7. The van der Waals surface area contributed by atoms with Gasteiger partial charge in [0.2, 0.25) is 0 Å². The second kappa shape index (κ2) is 7.19. The topological polar surface area (TPSA) is 44.8 Å². The fraction of sp³-hybridized carbons (Fsp3) is 0.167. The predicted molar refractivity (Wildman–Crippen MR) is 82.1 cm³/mol. The van der Waals surface area contributed by atoms with Gasteiger partial charge in [-0.15, -0.1) is 6.42 Å². The Morgan fingerprint density at radius 3 is 1.82 bits per heavy atom. The van der Waals surface area contributed by atoms with E-state index in [0.29, 0.717) is 11.5 Å². The number of para-hydroxylation sites is 2. The minimum Gasteiger partial charge on any atom is -0.410 e. The molecule has 0 spiro atoms. The van der Waals surface area contributed by atoms with Crippen molar-refractivity contribution in [2.45, 2.75) is 19.3 Å². The number of carbonyl (C=O) groups is 1. The molecular weight excluding hydrogens is 280 g/mol. The Hall–Kier alpha value is -2.93. The van der Waals surface area contributed by atoms with E-state index >= 15 is 0 Å². The molecule has 0 atom stereocenters. The van der Waals surface area contributed by atoms with Crippen molar-refractivity contribution in [3.8, 4) is 23.8 Å². The van der Waals surface area contributed by atoms with E-state index in [4.69, 9.17) is 20.6 Å². The number of benzene rings is 2. The highest BCUT2D eigenvalue weighted by molar-refractivity contribution is 5.69. The first-order valence-corrected chi connectivity index (χ1v) is 6.85. The summed E-state index contributed by atoms with van der Waals surface area (Å²) in [5.74, 6) is 0.680. The first kappa shape index (κ1) is 15.5. The van der Waals surface area contributed by atoms with Crippen LogP contribution in [-0.4, -0.2) is 11.9 Å². The molecule has 22 heavy (non-hydrogen) atoms. The molecule has 0 bridgehead atoms. The maximum atomic E-state index is 11.7. The lowest BCUT2D eigenvalue weighted by atomic mass is 10.3. The van der Waals surface area contributed by atoms with Crippen molar-refractivity contribution in [3.05, 3.63) is 60.7 Å². The second-order valence-corrected chi connectivity index (χ2v) is 4.36. The van der Waals surface area contributed by atoms with Gasteiger partial charge in [-0.3, -0.25) is 4.79 Å². The summed E-state index contributed by atoms with van der Waals surface area (Å²) in [5, 5.41) is 0. The van der Waals surface area contributed by atoms with Crippen LogP contribution in [0.2, 0.25) is 0 Å². The summed E-state index contributed by atoms with van der Waals surface area (Å²) in [6, 6.07) is 17.6. The lowest BCUT2D eigenvalue weighted by Crippen LogP contribution is -2.45. The van der Waals surface area contributed by atoms with Gasteiger partial charge in [0, 0.05) is 12.3 Å². The molecule has 0 radical (unpaired) electrons. The molecule has 112 valence electrons. The Labute approximate surface area is 129 Å². The molecule has 0 aliphatic carbocycles. The van der Waals surface area contributed by atoms with Gasteiger partial charge in [-0.1, -0.05) is 43.3 Å². The number of rotatable bonds is 6. The molecule has 2 rings (SSSR count). The smallest absolute Gasteiger partial charge is 0.410 e. The average Bonchev–Trinajstić information content (AvgIpc) is 2.56. The molecule has 0 aliphatic heterocycles. The van der Waals surface area contributed by atoms with Crippen LogP contribution < -0.4 is 9.47 Å². The third-order valence-corrected chi connectivity index (χ3v) is 2.70. The Morgan fingerprint density at radius 2 is 1.45 bits per heavy atom. The van der Waals surface area contributed by atoms with Crippen molar-refractivity contribution < 1.29 is 19.0 Å². The van der Waals surface area contributed by atoms with Crippen LogP contribution in [0.3, 0.4) is 0 Å². The normalized spacial score (nSPS) is 10.4. The summed E-state index contributed by atoms with van der Waals surface area (Å²) in [6.07, 6.45) is 5.68. The number of hydrogen-bond donors (Lipinski definition) is 0. The van der Waals surface area contributed by atoms with Crippen LogP contribution >= 0.6 is 0 Å². The Morgan fingerprint density at radius 1 is 1.00 bits per heavy atom. The molecule has 0 aromatic heterocycles. The first-order chi connectivity index (χ1) is 10.7. The van der Waals surface area contributed by atoms with Crippen LogP contribution in [0.15, 0.2) is 60.7 Å². The third-order valence-electron chi connectivity index (χ3n) is 2.70. The largest absolute Gasteiger partial charge is 0.492 e. The molecule has 4 heteroatoms. The highest BCUT2D eigenvalue weighted by atomic mass is 16.9. The van der Waals surface area contributed by atoms with E-state index in [-0.39, 0.29) is 6.42 Å². The standard InChI is InChI=1S/C18H16O4/c1-3-17(19)22-18(4-2,20-15-11-7-5-8-12-15)21-16-13-9-6-10-14-16/h2,5-14H,3H2,1H3. The first-order valence-electron chi connectivity index (χ1n) is 6.85. The van der Waals surface area contributed by atoms with Crippen LogP contribution in [0.4, 0.5) is 0 Å². The fourth-order valence-corrected chi connectivity index (χ4v) is 1.66. The molecule has 4 nitrogen and oxygen atoms in total. The van der Waals surface area contributed by atoms with Gasteiger partial charge in [0.1, 0.15) is 11.5 Å². The average molecular weight is 296 g/mol. The van der Waals surface area contributed by atoms with Gasteiger partial charge in [-0.05, 0) is 24.3 Å². The highest BCUT2D eigenvalue weighted by Gasteiger charge is 2.38. The maximum absolute atomic E-state index is 11.7. The molecule has 0 saturated heterocycles. The van der Waals surface area contributed by atoms with Crippen LogP contribution in [0.1, 0.15) is 13.3 Å². The number of hydrogen-bond acceptors (Lipinski definition) is 4. The number of terminal acetylenes is 1. The SMILES string of the molecule is C#CC(OC(=O)CC)(Oc1ccccc1)Oc1ccccc1. The van der Waals surface area contributed by atoms with E-state index in [1.54, 1.807) is 55.5 Å². The van der Waals surface area contributed by atoms with E-state index in [9.17, 15) is 4.79 Å². The van der Waals surface area contributed by atoms with E-state index in [0.717, 1.165) is 0 Å². The molecule has 2 aromatic carbocycles. The van der Waals surface area contributed by atoms with Crippen LogP contribution in [0.5, 0.6) is 11.5 Å². The molecule has 0 saturated carbocycles. The Bertz CT molecular complexity index is 602. The predicted octanol–water partition coefficient (Wildman–Crippen LogP) is 3.38. The maximum Gasteiger partial charge on any atom is 0.492 e. The molecule has 2 aromatic rings. The minimum atomic E-state index is -1.95. The fourth-order valence-electron chi connectivity index (χ4n) is 1.66. The molecule has 0 fully saturated rings. The Kier molecular flexibility index (Phi) is 5.05. The van der Waals surface area contributed by atoms with Crippen molar-refractivity contribution in [1.29, 1.82) is 0 Å². The van der Waals surface area contributed by atoms with Crippen molar-refractivity contribution in [2.75, 3.05) is 0 Å². The van der Waals surface area contributed by atoms with Crippen LogP contribution in [0, 0.1) is 12.3 Å². The molecule has 0 amide bonds. The minimum absolute atomic E-state index is 0.153. The van der Waals surface area contributed by atoms with Crippen LogP contribution in [0.25, 0.3) is 0 Å². The van der Waals surface area contributed by atoms with Gasteiger partial charge in [0.15, 0.2) is 0 Å². The lowest BCUT2D eigenvalue weighted by Gasteiger charge is -2.28.